The van der Waals surface area contributed by atoms with Crippen LogP contribution in [0.5, 0.6) is 0 Å². The minimum atomic E-state index is 0. The summed E-state index contributed by atoms with van der Waals surface area (Å²) in [5, 5.41) is 8.73. The van der Waals surface area contributed by atoms with Crippen LogP contribution in [-0.2, 0) is 26.2 Å². The Morgan fingerprint density at radius 3 is 1.24 bits per heavy atom. The first-order chi connectivity index (χ1) is 10.5. The number of hydrogen-bond donors (Lipinski definition) is 0. The van der Waals surface area contributed by atoms with Gasteiger partial charge in [-0.3, -0.25) is 0 Å². The summed E-state index contributed by atoms with van der Waals surface area (Å²) < 4.78 is 0. The maximum Gasteiger partial charge on any atom is 4.00 e. The van der Waals surface area contributed by atoms with E-state index in [-0.39, 0.29) is 51.0 Å². The monoisotopic (exact) mass is 456 g/mol. The van der Waals surface area contributed by atoms with Gasteiger partial charge in [0.05, 0.1) is 0 Å². The first kappa shape index (κ1) is 29.3. The van der Waals surface area contributed by atoms with Gasteiger partial charge in [-0.25, -0.2) is 0 Å². The zero-order chi connectivity index (χ0) is 16.5. The molecule has 2 rings (SSSR count). The SMILES string of the molecule is CC[N-]c1cccc(C)c1C.CC[N-]c1cccc(C)c1C.[Cl-].[Cl-].[Zr+4]. The third-order valence-electron chi connectivity index (χ3n) is 3.81. The molecule has 2 aromatic rings. The van der Waals surface area contributed by atoms with Gasteiger partial charge in [-0.05, 0) is 38.8 Å². The molecule has 2 aromatic carbocycles. The van der Waals surface area contributed by atoms with Crippen molar-refractivity contribution >= 4 is 11.4 Å². The maximum absolute atomic E-state index is 4.37. The molecule has 0 unspecified atom stereocenters. The number of aryl methyl sites for hydroxylation is 2. The van der Waals surface area contributed by atoms with E-state index < -0.39 is 0 Å². The Morgan fingerprint density at radius 2 is 0.960 bits per heavy atom. The predicted octanol–water partition coefficient (Wildman–Crippen LogP) is 0.663. The van der Waals surface area contributed by atoms with Crippen LogP contribution in [0.3, 0.4) is 0 Å². The van der Waals surface area contributed by atoms with Crippen molar-refractivity contribution in [2.24, 2.45) is 0 Å². The summed E-state index contributed by atoms with van der Waals surface area (Å²) in [6, 6.07) is 12.5. The van der Waals surface area contributed by atoms with Crippen LogP contribution < -0.4 is 24.8 Å². The van der Waals surface area contributed by atoms with Crippen LogP contribution >= 0.6 is 0 Å². The van der Waals surface area contributed by atoms with Gasteiger partial charge in [-0.1, -0.05) is 61.4 Å². The fourth-order valence-corrected chi connectivity index (χ4v) is 2.15. The van der Waals surface area contributed by atoms with Crippen molar-refractivity contribution in [3.8, 4) is 0 Å². The van der Waals surface area contributed by atoms with Crippen LogP contribution in [0.1, 0.15) is 36.1 Å². The average Bonchev–Trinajstić information content (AvgIpc) is 2.50. The van der Waals surface area contributed by atoms with Crippen molar-refractivity contribution in [2.45, 2.75) is 41.5 Å². The molecule has 0 saturated carbocycles. The summed E-state index contributed by atoms with van der Waals surface area (Å²) in [6.45, 7) is 14.3. The molecule has 0 aliphatic heterocycles. The summed E-state index contributed by atoms with van der Waals surface area (Å²) >= 11 is 0. The van der Waals surface area contributed by atoms with E-state index >= 15 is 0 Å². The Labute approximate surface area is 185 Å². The van der Waals surface area contributed by atoms with Gasteiger partial charge < -0.3 is 35.4 Å². The molecular weight excluding hydrogens is 430 g/mol. The fraction of sp³-hybridized carbons (Fsp3) is 0.400. The molecule has 0 fully saturated rings. The second-order valence-electron chi connectivity index (χ2n) is 5.39. The number of rotatable bonds is 4. The minimum absolute atomic E-state index is 0. The van der Waals surface area contributed by atoms with E-state index in [1.807, 2.05) is 0 Å². The largest absolute Gasteiger partial charge is 4.00 e. The molecule has 0 saturated heterocycles. The van der Waals surface area contributed by atoms with Gasteiger partial charge in [-0.2, -0.15) is 0 Å². The van der Waals surface area contributed by atoms with Crippen molar-refractivity contribution in [1.82, 2.24) is 0 Å². The third kappa shape index (κ3) is 9.68. The number of halogens is 2. The van der Waals surface area contributed by atoms with Crippen LogP contribution in [0.25, 0.3) is 10.6 Å². The smallest absolute Gasteiger partial charge is 1.00 e. The Bertz CT molecular complexity index is 551. The minimum Gasteiger partial charge on any atom is -1.00 e. The average molecular weight is 459 g/mol. The van der Waals surface area contributed by atoms with Gasteiger partial charge in [0.25, 0.3) is 0 Å². The Kier molecular flexibility index (Phi) is 18.4. The molecule has 0 heterocycles. The van der Waals surface area contributed by atoms with Gasteiger partial charge in [0, 0.05) is 0 Å². The van der Waals surface area contributed by atoms with Gasteiger partial charge >= 0.3 is 26.2 Å². The normalized spacial score (nSPS) is 8.56. The van der Waals surface area contributed by atoms with E-state index in [0.29, 0.717) is 0 Å². The number of nitrogens with zero attached hydrogens (tertiary/aromatic N) is 2. The van der Waals surface area contributed by atoms with Gasteiger partial charge in [-0.15, -0.1) is 24.5 Å². The quantitative estimate of drug-likeness (QED) is 0.644. The molecule has 0 aromatic heterocycles. The van der Waals surface area contributed by atoms with Crippen molar-refractivity contribution in [3.05, 3.63) is 69.3 Å². The molecule has 0 atom stereocenters. The molecule has 25 heavy (non-hydrogen) atoms. The van der Waals surface area contributed by atoms with Gasteiger partial charge in [0.2, 0.25) is 0 Å². The Balaban J connectivity index is -0.000000346. The van der Waals surface area contributed by atoms with Gasteiger partial charge in [0.1, 0.15) is 0 Å². The third-order valence-corrected chi connectivity index (χ3v) is 3.81. The van der Waals surface area contributed by atoms with E-state index in [0.717, 1.165) is 24.5 Å². The molecular formula is C20H28Cl2N2Zr. The van der Waals surface area contributed by atoms with Gasteiger partial charge in [0.15, 0.2) is 0 Å². The topological polar surface area (TPSA) is 28.2 Å². The van der Waals surface area contributed by atoms with Crippen LogP contribution in [0, 0.1) is 27.7 Å². The number of benzene rings is 2. The fourth-order valence-electron chi connectivity index (χ4n) is 2.15. The summed E-state index contributed by atoms with van der Waals surface area (Å²) in [6.07, 6.45) is 0. The summed E-state index contributed by atoms with van der Waals surface area (Å²) in [4.78, 5) is 0. The van der Waals surface area contributed by atoms with Crippen LogP contribution in [0.15, 0.2) is 36.4 Å². The van der Waals surface area contributed by atoms with Crippen LogP contribution in [0.2, 0.25) is 0 Å². The molecule has 0 aliphatic carbocycles. The molecule has 0 amide bonds. The Morgan fingerprint density at radius 1 is 0.640 bits per heavy atom. The molecule has 0 spiro atoms. The molecule has 136 valence electrons. The molecule has 0 radical (unpaired) electrons. The first-order valence-corrected chi connectivity index (χ1v) is 7.98. The molecule has 0 N–H and O–H groups in total. The zero-order valence-electron chi connectivity index (χ0n) is 16.0. The molecule has 5 heteroatoms. The molecule has 2 nitrogen and oxygen atoms in total. The van der Waals surface area contributed by atoms with E-state index in [1.165, 1.54) is 22.3 Å². The van der Waals surface area contributed by atoms with Crippen molar-refractivity contribution in [1.29, 1.82) is 0 Å². The van der Waals surface area contributed by atoms with E-state index in [1.54, 1.807) is 0 Å². The van der Waals surface area contributed by atoms with Crippen LogP contribution in [-0.4, -0.2) is 13.1 Å². The van der Waals surface area contributed by atoms with Crippen LogP contribution in [0.4, 0.5) is 11.4 Å². The second kappa shape index (κ2) is 15.7. The Hall–Kier alpha value is -0.497. The van der Waals surface area contributed by atoms with Crippen molar-refractivity contribution in [3.63, 3.8) is 0 Å². The first-order valence-electron chi connectivity index (χ1n) is 7.98. The second-order valence-corrected chi connectivity index (χ2v) is 5.39. The summed E-state index contributed by atoms with van der Waals surface area (Å²) in [5.74, 6) is 0. The molecule has 0 bridgehead atoms. The van der Waals surface area contributed by atoms with Crippen molar-refractivity contribution < 1.29 is 51.0 Å². The number of hydrogen-bond acceptors (Lipinski definition) is 0. The van der Waals surface area contributed by atoms with E-state index in [9.17, 15) is 0 Å². The predicted molar refractivity (Wildman–Crippen MR) is 99.0 cm³/mol. The zero-order valence-corrected chi connectivity index (χ0v) is 20.0. The van der Waals surface area contributed by atoms with Crippen molar-refractivity contribution in [2.75, 3.05) is 13.1 Å². The molecule has 0 aliphatic rings. The standard InChI is InChI=1S/2C10H14N.2ClH.Zr/c2*1-4-11-10-7-5-6-8(2)9(10)3;;;/h2*5-7H,4H2,1-3H3;2*1H;/q2*-1;;;+4/p-2. The van der Waals surface area contributed by atoms with E-state index in [2.05, 4.69) is 88.6 Å². The summed E-state index contributed by atoms with van der Waals surface area (Å²) in [7, 11) is 0. The van der Waals surface area contributed by atoms with E-state index in [4.69, 9.17) is 0 Å². The maximum atomic E-state index is 4.37. The summed E-state index contributed by atoms with van der Waals surface area (Å²) in [5.41, 5.74) is 7.50.